The maximum absolute atomic E-state index is 11.8. The van der Waals surface area contributed by atoms with Crippen molar-refractivity contribution in [2.75, 3.05) is 5.32 Å². The van der Waals surface area contributed by atoms with E-state index in [1.807, 2.05) is 0 Å². The Morgan fingerprint density at radius 2 is 2.00 bits per heavy atom. The van der Waals surface area contributed by atoms with E-state index in [0.29, 0.717) is 0 Å². The zero-order valence-electron chi connectivity index (χ0n) is 6.93. The molecule has 0 bridgehead atoms. The lowest BCUT2D eigenvalue weighted by Gasteiger charge is -2.09. The van der Waals surface area contributed by atoms with Crippen molar-refractivity contribution in [3.8, 4) is 0 Å². The van der Waals surface area contributed by atoms with Gasteiger partial charge in [-0.3, -0.25) is 10.1 Å². The molecule has 1 rings (SSSR count). The van der Waals surface area contributed by atoms with Gasteiger partial charge >= 0.3 is 6.30 Å². The fourth-order valence-electron chi connectivity index (χ4n) is 0.914. The number of nitrogens with one attached hydrogen (secondary N) is 1. The van der Waals surface area contributed by atoms with E-state index in [9.17, 15) is 18.0 Å². The molecule has 0 aliphatic rings. The third-order valence-electron chi connectivity index (χ3n) is 1.43. The molecule has 0 heterocycles. The van der Waals surface area contributed by atoms with Crippen molar-refractivity contribution < 1.29 is 18.0 Å². The first-order valence-electron chi connectivity index (χ1n) is 3.63. The number of carbonyl (C=O) groups is 1. The molecule has 0 aliphatic carbocycles. The van der Waals surface area contributed by atoms with E-state index in [4.69, 9.17) is 5.73 Å². The number of amides is 1. The van der Waals surface area contributed by atoms with E-state index in [1.54, 1.807) is 0 Å². The summed E-state index contributed by atoms with van der Waals surface area (Å²) in [6.45, 7) is 0. The molecule has 1 aromatic carbocycles. The largest absolute Gasteiger partial charge is 0.482 e. The molecule has 76 valence electrons. The number of hydrogen-bond donors (Lipinski definition) is 2. The molecule has 6 heteroatoms. The highest BCUT2D eigenvalue weighted by molar-refractivity contribution is 5.93. The van der Waals surface area contributed by atoms with Crippen LogP contribution < -0.4 is 11.1 Å². The predicted molar refractivity (Wildman–Crippen MR) is 44.6 cm³/mol. The van der Waals surface area contributed by atoms with E-state index in [-0.39, 0.29) is 11.3 Å². The number of nitrogens with two attached hydrogens (primary N) is 1. The summed E-state index contributed by atoms with van der Waals surface area (Å²) in [7, 11) is 0. The first-order valence-corrected chi connectivity index (χ1v) is 3.63. The molecule has 14 heavy (non-hydrogen) atoms. The van der Waals surface area contributed by atoms with Crippen LogP contribution in [0.1, 0.15) is 10.4 Å². The molecule has 0 spiro atoms. The Labute approximate surface area is 77.7 Å². The third-order valence-corrected chi connectivity index (χ3v) is 1.43. The highest BCUT2D eigenvalue weighted by Gasteiger charge is 2.26. The highest BCUT2D eigenvalue weighted by atomic mass is 19.4. The second-order valence-electron chi connectivity index (χ2n) is 2.57. The van der Waals surface area contributed by atoms with Crippen molar-refractivity contribution in [1.82, 2.24) is 0 Å². The average Bonchev–Trinajstić information content (AvgIpc) is 2.01. The molecule has 0 unspecified atom stereocenters. The van der Waals surface area contributed by atoms with Crippen molar-refractivity contribution in [2.45, 2.75) is 6.30 Å². The Morgan fingerprint density at radius 1 is 1.36 bits per heavy atom. The smallest absolute Gasteiger partial charge is 0.366 e. The van der Waals surface area contributed by atoms with Gasteiger partial charge in [-0.1, -0.05) is 6.07 Å². The quantitative estimate of drug-likeness (QED) is 0.720. The van der Waals surface area contributed by atoms with Gasteiger partial charge in [-0.25, -0.2) is 0 Å². The Balaban J connectivity index is 2.89. The van der Waals surface area contributed by atoms with Crippen LogP contribution in [0.2, 0.25) is 0 Å². The van der Waals surface area contributed by atoms with Crippen LogP contribution in [-0.4, -0.2) is 12.2 Å². The normalized spacial score (nSPS) is 11.1. The molecule has 0 saturated carbocycles. The maximum atomic E-state index is 11.8. The summed E-state index contributed by atoms with van der Waals surface area (Å²) in [5.41, 5.74) is 4.71. The van der Waals surface area contributed by atoms with E-state index >= 15 is 0 Å². The molecule has 1 aromatic rings. The number of benzene rings is 1. The summed E-state index contributed by atoms with van der Waals surface area (Å²) < 4.78 is 35.5. The van der Waals surface area contributed by atoms with E-state index < -0.39 is 12.2 Å². The van der Waals surface area contributed by atoms with Gasteiger partial charge in [0.1, 0.15) is 0 Å². The molecule has 1 amide bonds. The average molecular weight is 204 g/mol. The Hall–Kier alpha value is -1.72. The van der Waals surface area contributed by atoms with Gasteiger partial charge in [0, 0.05) is 11.3 Å². The molecule has 0 radical (unpaired) electrons. The molecular formula is C8H7F3N2O. The summed E-state index contributed by atoms with van der Waals surface area (Å²) in [5, 5.41) is 1.27. The third kappa shape index (κ3) is 2.96. The molecule has 3 N–H and O–H groups in total. The van der Waals surface area contributed by atoms with Crippen LogP contribution in [0.5, 0.6) is 0 Å². The monoisotopic (exact) mass is 204 g/mol. The number of primary amides is 1. The maximum Gasteiger partial charge on any atom is 0.482 e. The predicted octanol–water partition coefficient (Wildman–Crippen LogP) is 1.72. The van der Waals surface area contributed by atoms with Crippen LogP contribution in [0.15, 0.2) is 24.3 Å². The Bertz CT molecular complexity index is 349. The van der Waals surface area contributed by atoms with Gasteiger partial charge < -0.3 is 5.73 Å². The van der Waals surface area contributed by atoms with Gasteiger partial charge in [0.25, 0.3) is 0 Å². The van der Waals surface area contributed by atoms with Crippen molar-refractivity contribution >= 4 is 11.6 Å². The minimum absolute atomic E-state index is 0.0271. The van der Waals surface area contributed by atoms with Crippen molar-refractivity contribution in [2.24, 2.45) is 5.73 Å². The van der Waals surface area contributed by atoms with Crippen molar-refractivity contribution in [1.29, 1.82) is 0 Å². The zero-order valence-corrected chi connectivity index (χ0v) is 6.93. The summed E-state index contributed by atoms with van der Waals surface area (Å²) in [6.07, 6.45) is -4.52. The number of hydrogen-bond acceptors (Lipinski definition) is 2. The lowest BCUT2D eigenvalue weighted by atomic mass is 10.2. The lowest BCUT2D eigenvalue weighted by molar-refractivity contribution is -0.0999. The molecule has 0 aliphatic heterocycles. The van der Waals surface area contributed by atoms with Gasteiger partial charge in [0.2, 0.25) is 5.91 Å². The van der Waals surface area contributed by atoms with E-state index in [0.717, 1.165) is 6.07 Å². The standard InChI is InChI=1S/C8H7F3N2O/c9-8(10,11)13-6-3-1-2-5(4-6)7(12)14/h1-4,13H,(H2,12,14). The lowest BCUT2D eigenvalue weighted by Crippen LogP contribution is -2.21. The van der Waals surface area contributed by atoms with Crippen molar-refractivity contribution in [3.05, 3.63) is 29.8 Å². The van der Waals surface area contributed by atoms with Crippen LogP contribution in [0, 0.1) is 0 Å². The van der Waals surface area contributed by atoms with Crippen LogP contribution in [0.25, 0.3) is 0 Å². The summed E-state index contributed by atoms with van der Waals surface area (Å²) in [5.74, 6) is -0.768. The fourth-order valence-corrected chi connectivity index (χ4v) is 0.914. The molecule has 3 nitrogen and oxygen atoms in total. The topological polar surface area (TPSA) is 55.1 Å². The molecule has 0 fully saturated rings. The molecular weight excluding hydrogens is 197 g/mol. The van der Waals surface area contributed by atoms with Gasteiger partial charge in [0.15, 0.2) is 0 Å². The number of rotatable bonds is 2. The number of halogens is 3. The molecule has 0 saturated heterocycles. The van der Waals surface area contributed by atoms with E-state index in [1.165, 1.54) is 23.5 Å². The van der Waals surface area contributed by atoms with Gasteiger partial charge in [-0.05, 0) is 18.2 Å². The SMILES string of the molecule is NC(=O)c1cccc(NC(F)(F)F)c1. The summed E-state index contributed by atoms with van der Waals surface area (Å²) in [6, 6.07) is 4.88. The second kappa shape index (κ2) is 3.57. The minimum atomic E-state index is -4.52. The van der Waals surface area contributed by atoms with E-state index in [2.05, 4.69) is 0 Å². The Kier molecular flexibility index (Phi) is 2.64. The minimum Gasteiger partial charge on any atom is -0.366 e. The van der Waals surface area contributed by atoms with Crippen molar-refractivity contribution in [3.63, 3.8) is 0 Å². The summed E-state index contributed by atoms with van der Waals surface area (Å²) in [4.78, 5) is 10.6. The van der Waals surface area contributed by atoms with Crippen LogP contribution in [0.4, 0.5) is 18.9 Å². The highest BCUT2D eigenvalue weighted by Crippen LogP contribution is 2.20. The van der Waals surface area contributed by atoms with Crippen LogP contribution in [0.3, 0.4) is 0 Å². The first-order chi connectivity index (χ1) is 6.38. The van der Waals surface area contributed by atoms with Gasteiger partial charge in [0.05, 0.1) is 0 Å². The zero-order chi connectivity index (χ0) is 10.8. The van der Waals surface area contributed by atoms with Gasteiger partial charge in [-0.2, -0.15) is 13.2 Å². The first kappa shape index (κ1) is 10.4. The second-order valence-corrected chi connectivity index (χ2v) is 2.57. The Morgan fingerprint density at radius 3 is 2.50 bits per heavy atom. The number of anilines is 1. The van der Waals surface area contributed by atoms with Crippen LogP contribution >= 0.6 is 0 Å². The fraction of sp³-hybridized carbons (Fsp3) is 0.125. The van der Waals surface area contributed by atoms with Gasteiger partial charge in [-0.15, -0.1) is 0 Å². The molecule has 0 atom stereocenters. The van der Waals surface area contributed by atoms with Crippen LogP contribution in [-0.2, 0) is 0 Å². The number of alkyl halides is 3. The number of carbonyl (C=O) groups excluding carboxylic acids is 1. The summed E-state index contributed by atoms with van der Waals surface area (Å²) >= 11 is 0. The molecule has 0 aromatic heterocycles.